The molecular formula is C26H31N3O5S. The maximum Gasteiger partial charge on any atom is 0.412 e. The minimum Gasteiger partial charge on any atom is -0.444 e. The first kappa shape index (κ1) is 26.0. The first-order chi connectivity index (χ1) is 16.5. The van der Waals surface area contributed by atoms with E-state index >= 15 is 0 Å². The molecule has 186 valence electrons. The molecule has 0 heterocycles. The minimum atomic E-state index is -3.60. The van der Waals surface area contributed by atoms with Crippen LogP contribution >= 0.6 is 0 Å². The van der Waals surface area contributed by atoms with Gasteiger partial charge in [0.2, 0.25) is 15.9 Å². The van der Waals surface area contributed by atoms with E-state index in [-0.39, 0.29) is 24.6 Å². The fraction of sp³-hybridized carbons (Fsp3) is 0.308. The van der Waals surface area contributed by atoms with Crippen molar-refractivity contribution in [1.29, 1.82) is 0 Å². The van der Waals surface area contributed by atoms with Gasteiger partial charge in [-0.1, -0.05) is 42.5 Å². The van der Waals surface area contributed by atoms with Crippen LogP contribution in [-0.4, -0.2) is 38.3 Å². The third-order valence-electron chi connectivity index (χ3n) is 4.96. The normalized spacial score (nSPS) is 11.6. The summed E-state index contributed by atoms with van der Waals surface area (Å²) in [7, 11) is -3.60. The molecule has 35 heavy (non-hydrogen) atoms. The summed E-state index contributed by atoms with van der Waals surface area (Å²) in [5, 5.41) is 7.27. The number of sulfonamides is 1. The third-order valence-corrected chi connectivity index (χ3v) is 6.24. The van der Waals surface area contributed by atoms with Gasteiger partial charge in [-0.2, -0.15) is 0 Å². The number of ether oxygens (including phenoxy) is 1. The van der Waals surface area contributed by atoms with Crippen molar-refractivity contribution in [2.75, 3.05) is 22.3 Å². The van der Waals surface area contributed by atoms with Crippen LogP contribution in [0.2, 0.25) is 0 Å². The van der Waals surface area contributed by atoms with Crippen LogP contribution < -0.4 is 15.4 Å². The van der Waals surface area contributed by atoms with E-state index in [9.17, 15) is 18.0 Å². The van der Waals surface area contributed by atoms with Gasteiger partial charge in [0.05, 0.1) is 5.75 Å². The van der Waals surface area contributed by atoms with E-state index in [1.807, 2.05) is 42.5 Å². The van der Waals surface area contributed by atoms with Gasteiger partial charge < -0.3 is 10.1 Å². The van der Waals surface area contributed by atoms with Gasteiger partial charge >= 0.3 is 6.09 Å². The number of aryl methyl sites for hydroxylation is 1. The maximum absolute atomic E-state index is 12.4. The van der Waals surface area contributed by atoms with Crippen molar-refractivity contribution >= 4 is 44.2 Å². The number of benzene rings is 3. The maximum atomic E-state index is 12.4. The number of hydrogen-bond donors (Lipinski definition) is 3. The van der Waals surface area contributed by atoms with Crippen molar-refractivity contribution in [2.45, 2.75) is 39.2 Å². The number of carbonyl (C=O) groups excluding carboxylic acids is 2. The second kappa shape index (κ2) is 11.2. The second-order valence-corrected chi connectivity index (χ2v) is 11.0. The molecule has 0 fully saturated rings. The average Bonchev–Trinajstić information content (AvgIpc) is 2.77. The van der Waals surface area contributed by atoms with E-state index in [0.29, 0.717) is 17.8 Å². The van der Waals surface area contributed by atoms with Crippen molar-refractivity contribution in [3.63, 3.8) is 0 Å². The predicted molar refractivity (Wildman–Crippen MR) is 139 cm³/mol. The number of rotatable bonds is 9. The molecule has 9 heteroatoms. The van der Waals surface area contributed by atoms with Gasteiger partial charge in [-0.3, -0.25) is 14.8 Å². The van der Waals surface area contributed by atoms with Crippen molar-refractivity contribution in [1.82, 2.24) is 5.32 Å². The summed E-state index contributed by atoms with van der Waals surface area (Å²) >= 11 is 0. The molecule has 0 spiro atoms. The van der Waals surface area contributed by atoms with E-state index in [0.717, 1.165) is 16.3 Å². The molecule has 0 aliphatic heterocycles. The molecule has 3 aromatic carbocycles. The molecule has 8 nitrogen and oxygen atoms in total. The Bertz CT molecular complexity index is 1280. The van der Waals surface area contributed by atoms with E-state index in [1.165, 1.54) is 0 Å². The summed E-state index contributed by atoms with van der Waals surface area (Å²) in [5.74, 6) is -0.460. The van der Waals surface area contributed by atoms with Gasteiger partial charge in [-0.05, 0) is 67.8 Å². The zero-order valence-electron chi connectivity index (χ0n) is 20.1. The van der Waals surface area contributed by atoms with Gasteiger partial charge in [0.25, 0.3) is 0 Å². The Balaban J connectivity index is 1.40. The minimum absolute atomic E-state index is 0.0144. The molecule has 0 aliphatic carbocycles. The molecule has 2 amide bonds. The Morgan fingerprint density at radius 3 is 2.23 bits per heavy atom. The topological polar surface area (TPSA) is 114 Å². The highest BCUT2D eigenvalue weighted by Gasteiger charge is 2.16. The number of nitrogens with one attached hydrogen (secondary N) is 3. The van der Waals surface area contributed by atoms with Crippen LogP contribution in [0.3, 0.4) is 0 Å². The summed E-state index contributed by atoms with van der Waals surface area (Å²) in [6.45, 7) is 5.38. The van der Waals surface area contributed by atoms with Gasteiger partial charge in [-0.15, -0.1) is 0 Å². The van der Waals surface area contributed by atoms with E-state index in [2.05, 4.69) is 15.4 Å². The molecular weight excluding hydrogens is 466 g/mol. The van der Waals surface area contributed by atoms with Crippen LogP contribution in [0.1, 0.15) is 32.8 Å². The van der Waals surface area contributed by atoms with E-state index < -0.39 is 21.7 Å². The SMILES string of the molecule is CC(C)(C)OC(=O)Nc1ccc(CCC(=O)NCCS(=O)(=O)Nc2ccc3ccccc3c2)cc1. The molecule has 3 rings (SSSR count). The lowest BCUT2D eigenvalue weighted by Crippen LogP contribution is -2.31. The number of amides is 2. The lowest BCUT2D eigenvalue weighted by molar-refractivity contribution is -0.120. The quantitative estimate of drug-likeness (QED) is 0.397. The molecule has 0 saturated carbocycles. The number of hydrogen-bond acceptors (Lipinski definition) is 5. The fourth-order valence-electron chi connectivity index (χ4n) is 3.33. The smallest absolute Gasteiger partial charge is 0.412 e. The molecule has 0 atom stereocenters. The summed E-state index contributed by atoms with van der Waals surface area (Å²) < 4.78 is 32.5. The molecule has 0 saturated heterocycles. The van der Waals surface area contributed by atoms with Gasteiger partial charge in [-0.25, -0.2) is 13.2 Å². The lowest BCUT2D eigenvalue weighted by atomic mass is 10.1. The zero-order chi connectivity index (χ0) is 25.5. The van der Waals surface area contributed by atoms with Crippen LogP contribution in [0.4, 0.5) is 16.2 Å². The Morgan fingerprint density at radius 2 is 1.54 bits per heavy atom. The molecule has 0 aliphatic rings. The van der Waals surface area contributed by atoms with Crippen molar-refractivity contribution in [3.05, 3.63) is 72.3 Å². The Hall–Kier alpha value is -3.59. The molecule has 0 radical (unpaired) electrons. The summed E-state index contributed by atoms with van der Waals surface area (Å²) in [6.07, 6.45) is 0.173. The molecule has 0 unspecified atom stereocenters. The summed E-state index contributed by atoms with van der Waals surface area (Å²) in [6, 6.07) is 20.2. The van der Waals surface area contributed by atoms with Crippen LogP contribution in [-0.2, 0) is 26.0 Å². The average molecular weight is 498 g/mol. The molecule has 0 bridgehead atoms. The largest absolute Gasteiger partial charge is 0.444 e. The number of anilines is 2. The standard InChI is InChI=1S/C26H31N3O5S/c1-26(2,3)34-25(31)28-22-12-8-19(9-13-22)10-15-24(30)27-16-17-35(32,33)29-23-14-11-20-6-4-5-7-21(20)18-23/h4-9,11-14,18,29H,10,15-17H2,1-3H3,(H,27,30)(H,28,31). The first-order valence-corrected chi connectivity index (χ1v) is 13.0. The van der Waals surface area contributed by atoms with Crippen LogP contribution in [0.15, 0.2) is 66.7 Å². The van der Waals surface area contributed by atoms with E-state index in [1.54, 1.807) is 45.0 Å². The third kappa shape index (κ3) is 8.94. The van der Waals surface area contributed by atoms with Gasteiger partial charge in [0.15, 0.2) is 0 Å². The van der Waals surface area contributed by atoms with Crippen LogP contribution in [0, 0.1) is 0 Å². The van der Waals surface area contributed by atoms with Crippen molar-refractivity contribution < 1.29 is 22.7 Å². The number of fused-ring (bicyclic) bond motifs is 1. The highest BCUT2D eigenvalue weighted by molar-refractivity contribution is 7.92. The first-order valence-electron chi connectivity index (χ1n) is 11.3. The van der Waals surface area contributed by atoms with Gasteiger partial charge in [0, 0.05) is 24.3 Å². The highest BCUT2D eigenvalue weighted by Crippen LogP contribution is 2.19. The molecule has 3 N–H and O–H groups in total. The number of carbonyl (C=O) groups is 2. The lowest BCUT2D eigenvalue weighted by Gasteiger charge is -2.19. The van der Waals surface area contributed by atoms with E-state index in [4.69, 9.17) is 4.74 Å². The fourth-order valence-corrected chi connectivity index (χ4v) is 4.29. The Kier molecular flexibility index (Phi) is 8.34. The Morgan fingerprint density at radius 1 is 0.886 bits per heavy atom. The van der Waals surface area contributed by atoms with Crippen molar-refractivity contribution in [3.8, 4) is 0 Å². The molecule has 0 aromatic heterocycles. The molecule has 3 aromatic rings. The van der Waals surface area contributed by atoms with Gasteiger partial charge in [0.1, 0.15) is 5.60 Å². The Labute approximate surface area is 206 Å². The zero-order valence-corrected chi connectivity index (χ0v) is 20.9. The summed E-state index contributed by atoms with van der Waals surface area (Å²) in [4.78, 5) is 24.0. The second-order valence-electron chi connectivity index (χ2n) is 9.16. The predicted octanol–water partition coefficient (Wildman–Crippen LogP) is 4.68. The highest BCUT2D eigenvalue weighted by atomic mass is 32.2. The van der Waals surface area contributed by atoms with Crippen LogP contribution in [0.5, 0.6) is 0 Å². The van der Waals surface area contributed by atoms with Crippen LogP contribution in [0.25, 0.3) is 10.8 Å². The summed E-state index contributed by atoms with van der Waals surface area (Å²) in [5.41, 5.74) is 1.42. The van der Waals surface area contributed by atoms with Crippen molar-refractivity contribution in [2.24, 2.45) is 0 Å². The monoisotopic (exact) mass is 497 g/mol.